The third-order valence-corrected chi connectivity index (χ3v) is 3.51. The predicted molar refractivity (Wildman–Crippen MR) is 86.4 cm³/mol. The zero-order chi connectivity index (χ0) is 16.8. The van der Waals surface area contributed by atoms with Crippen LogP contribution in [0.2, 0.25) is 0 Å². The van der Waals surface area contributed by atoms with E-state index in [1.165, 1.54) is 0 Å². The summed E-state index contributed by atoms with van der Waals surface area (Å²) in [5, 5.41) is 0. The molecule has 2 rings (SSSR count). The molecule has 0 aliphatic heterocycles. The Morgan fingerprint density at radius 3 is 2.30 bits per heavy atom. The molecule has 23 heavy (non-hydrogen) atoms. The minimum Gasteiger partial charge on any atom is -0.497 e. The second kappa shape index (κ2) is 7.54. The standard InChI is InChI=1S/C18H20O5/c1-12-8-16(21-3)17(22-4)10-14(12)11-23-18(19)13-6-5-7-15(9-13)20-2/h5-10H,11H2,1-4H3. The maximum absolute atomic E-state index is 12.1. The summed E-state index contributed by atoms with van der Waals surface area (Å²) in [6, 6.07) is 10.5. The van der Waals surface area contributed by atoms with Gasteiger partial charge < -0.3 is 18.9 Å². The third-order valence-electron chi connectivity index (χ3n) is 3.51. The molecule has 0 unspecified atom stereocenters. The molecule has 0 heterocycles. The molecule has 0 aliphatic carbocycles. The highest BCUT2D eigenvalue weighted by molar-refractivity contribution is 5.89. The minimum atomic E-state index is -0.405. The first-order chi connectivity index (χ1) is 11.1. The van der Waals surface area contributed by atoms with Gasteiger partial charge in [-0.15, -0.1) is 0 Å². The van der Waals surface area contributed by atoms with E-state index in [4.69, 9.17) is 18.9 Å². The first kappa shape index (κ1) is 16.7. The number of esters is 1. The lowest BCUT2D eigenvalue weighted by molar-refractivity contribution is 0.0471. The quantitative estimate of drug-likeness (QED) is 0.765. The molecular weight excluding hydrogens is 296 g/mol. The van der Waals surface area contributed by atoms with Gasteiger partial charge in [-0.3, -0.25) is 0 Å². The van der Waals surface area contributed by atoms with Crippen LogP contribution in [0.1, 0.15) is 21.5 Å². The number of benzene rings is 2. The molecule has 0 aliphatic rings. The molecule has 0 saturated carbocycles. The normalized spacial score (nSPS) is 10.1. The van der Waals surface area contributed by atoms with Crippen LogP contribution in [0.3, 0.4) is 0 Å². The molecule has 0 N–H and O–H groups in total. The van der Waals surface area contributed by atoms with E-state index in [9.17, 15) is 4.79 Å². The molecular formula is C18H20O5. The molecule has 0 radical (unpaired) electrons. The van der Waals surface area contributed by atoms with Gasteiger partial charge in [-0.05, 0) is 48.4 Å². The Kier molecular flexibility index (Phi) is 5.46. The van der Waals surface area contributed by atoms with E-state index < -0.39 is 5.97 Å². The summed E-state index contributed by atoms with van der Waals surface area (Å²) in [6.07, 6.45) is 0. The maximum Gasteiger partial charge on any atom is 0.338 e. The van der Waals surface area contributed by atoms with Crippen LogP contribution in [0.4, 0.5) is 0 Å². The van der Waals surface area contributed by atoms with E-state index >= 15 is 0 Å². The summed E-state index contributed by atoms with van der Waals surface area (Å²) in [6.45, 7) is 2.08. The minimum absolute atomic E-state index is 0.155. The van der Waals surface area contributed by atoms with Crippen molar-refractivity contribution in [2.75, 3.05) is 21.3 Å². The highest BCUT2D eigenvalue weighted by Crippen LogP contribution is 2.30. The van der Waals surface area contributed by atoms with Crippen molar-refractivity contribution in [3.8, 4) is 17.2 Å². The lowest BCUT2D eigenvalue weighted by Gasteiger charge is -2.13. The van der Waals surface area contributed by atoms with Gasteiger partial charge in [0.15, 0.2) is 11.5 Å². The maximum atomic E-state index is 12.1. The monoisotopic (exact) mass is 316 g/mol. The van der Waals surface area contributed by atoms with Crippen LogP contribution >= 0.6 is 0 Å². The van der Waals surface area contributed by atoms with Crippen LogP contribution in [-0.2, 0) is 11.3 Å². The summed E-state index contributed by atoms with van der Waals surface area (Å²) in [4.78, 5) is 12.1. The number of methoxy groups -OCH3 is 3. The van der Waals surface area contributed by atoms with Crippen molar-refractivity contribution in [1.29, 1.82) is 0 Å². The fraction of sp³-hybridized carbons (Fsp3) is 0.278. The van der Waals surface area contributed by atoms with Crippen LogP contribution in [0.25, 0.3) is 0 Å². The van der Waals surface area contributed by atoms with Crippen LogP contribution < -0.4 is 14.2 Å². The molecule has 0 spiro atoms. The Balaban J connectivity index is 2.12. The smallest absolute Gasteiger partial charge is 0.338 e. The van der Waals surface area contributed by atoms with Gasteiger partial charge in [0.2, 0.25) is 0 Å². The molecule has 0 saturated heterocycles. The third kappa shape index (κ3) is 3.94. The van der Waals surface area contributed by atoms with Crippen molar-refractivity contribution in [2.24, 2.45) is 0 Å². The molecule has 0 amide bonds. The van der Waals surface area contributed by atoms with Gasteiger partial charge in [-0.1, -0.05) is 6.07 Å². The van der Waals surface area contributed by atoms with Crippen molar-refractivity contribution in [3.05, 3.63) is 53.1 Å². The topological polar surface area (TPSA) is 54.0 Å². The number of carbonyl (C=O) groups excluding carboxylic acids is 1. The van der Waals surface area contributed by atoms with Crippen molar-refractivity contribution >= 4 is 5.97 Å². The zero-order valence-corrected chi connectivity index (χ0v) is 13.7. The van der Waals surface area contributed by atoms with Gasteiger partial charge in [-0.2, -0.15) is 0 Å². The average molecular weight is 316 g/mol. The van der Waals surface area contributed by atoms with Gasteiger partial charge >= 0.3 is 5.97 Å². The number of hydrogen-bond acceptors (Lipinski definition) is 5. The molecule has 2 aromatic rings. The van der Waals surface area contributed by atoms with E-state index in [1.807, 2.05) is 19.1 Å². The Labute approximate surface area is 135 Å². The fourth-order valence-corrected chi connectivity index (χ4v) is 2.15. The number of aryl methyl sites for hydroxylation is 1. The summed E-state index contributed by atoms with van der Waals surface area (Å²) in [7, 11) is 4.70. The molecule has 0 bridgehead atoms. The first-order valence-electron chi connectivity index (χ1n) is 7.11. The summed E-state index contributed by atoms with van der Waals surface area (Å²) in [5.74, 6) is 1.46. The number of hydrogen-bond donors (Lipinski definition) is 0. The number of ether oxygens (including phenoxy) is 4. The van der Waals surface area contributed by atoms with Crippen molar-refractivity contribution in [3.63, 3.8) is 0 Å². The Morgan fingerprint density at radius 2 is 1.65 bits per heavy atom. The summed E-state index contributed by atoms with van der Waals surface area (Å²) < 4.78 is 21.0. The van der Waals surface area contributed by atoms with Gasteiger partial charge in [0, 0.05) is 0 Å². The largest absolute Gasteiger partial charge is 0.497 e. The average Bonchev–Trinajstić information content (AvgIpc) is 2.60. The van der Waals surface area contributed by atoms with Gasteiger partial charge in [-0.25, -0.2) is 4.79 Å². The molecule has 122 valence electrons. The van der Waals surface area contributed by atoms with Gasteiger partial charge in [0.05, 0.1) is 26.9 Å². The number of carbonyl (C=O) groups is 1. The lowest BCUT2D eigenvalue weighted by atomic mass is 10.1. The number of rotatable bonds is 6. The Hall–Kier alpha value is -2.69. The lowest BCUT2D eigenvalue weighted by Crippen LogP contribution is -2.06. The Bertz CT molecular complexity index is 694. The van der Waals surface area contributed by atoms with E-state index in [1.54, 1.807) is 45.6 Å². The van der Waals surface area contributed by atoms with Crippen LogP contribution in [-0.4, -0.2) is 27.3 Å². The van der Waals surface area contributed by atoms with Gasteiger partial charge in [0.25, 0.3) is 0 Å². The summed E-state index contributed by atoms with van der Waals surface area (Å²) >= 11 is 0. The highest BCUT2D eigenvalue weighted by atomic mass is 16.5. The summed E-state index contributed by atoms with van der Waals surface area (Å²) in [5.41, 5.74) is 2.27. The molecule has 0 fully saturated rings. The van der Waals surface area contributed by atoms with E-state index in [0.717, 1.165) is 11.1 Å². The molecule has 5 nitrogen and oxygen atoms in total. The predicted octanol–water partition coefficient (Wildman–Crippen LogP) is 3.38. The molecule has 0 aromatic heterocycles. The molecule has 2 aromatic carbocycles. The second-order valence-corrected chi connectivity index (χ2v) is 4.94. The first-order valence-corrected chi connectivity index (χ1v) is 7.11. The van der Waals surface area contributed by atoms with E-state index in [0.29, 0.717) is 22.8 Å². The Morgan fingerprint density at radius 1 is 0.957 bits per heavy atom. The van der Waals surface area contributed by atoms with E-state index in [-0.39, 0.29) is 6.61 Å². The molecule has 5 heteroatoms. The SMILES string of the molecule is COc1cccc(C(=O)OCc2cc(OC)c(OC)cc2C)c1. The van der Waals surface area contributed by atoms with Crippen molar-refractivity contribution in [2.45, 2.75) is 13.5 Å². The highest BCUT2D eigenvalue weighted by Gasteiger charge is 2.12. The van der Waals surface area contributed by atoms with Crippen molar-refractivity contribution in [1.82, 2.24) is 0 Å². The van der Waals surface area contributed by atoms with Crippen molar-refractivity contribution < 1.29 is 23.7 Å². The second-order valence-electron chi connectivity index (χ2n) is 4.94. The van der Waals surface area contributed by atoms with Crippen LogP contribution in [0, 0.1) is 6.92 Å². The van der Waals surface area contributed by atoms with Crippen LogP contribution in [0.5, 0.6) is 17.2 Å². The molecule has 0 atom stereocenters. The van der Waals surface area contributed by atoms with Crippen LogP contribution in [0.15, 0.2) is 36.4 Å². The van der Waals surface area contributed by atoms with Gasteiger partial charge in [0.1, 0.15) is 12.4 Å². The zero-order valence-electron chi connectivity index (χ0n) is 13.7. The van der Waals surface area contributed by atoms with E-state index in [2.05, 4.69) is 0 Å². The fourth-order valence-electron chi connectivity index (χ4n) is 2.15.